The Hall–Kier alpha value is -4.17. The van der Waals surface area contributed by atoms with Gasteiger partial charge in [-0.25, -0.2) is 9.97 Å². The van der Waals surface area contributed by atoms with Crippen LogP contribution in [0, 0.1) is 17.8 Å². The number of benzene rings is 1. The normalized spacial score (nSPS) is 22.0. The lowest BCUT2D eigenvalue weighted by Crippen LogP contribution is -2.51. The molecule has 2 amide bonds. The zero-order chi connectivity index (χ0) is 29.2. The van der Waals surface area contributed by atoms with E-state index in [-0.39, 0.29) is 45.5 Å². The summed E-state index contributed by atoms with van der Waals surface area (Å²) >= 11 is 6.53. The minimum atomic E-state index is -4.61. The number of rotatable bonds is 5. The van der Waals surface area contributed by atoms with Gasteiger partial charge in [0.05, 0.1) is 34.2 Å². The van der Waals surface area contributed by atoms with Gasteiger partial charge in [0.1, 0.15) is 5.69 Å². The molecule has 3 N–H and O–H groups in total. The monoisotopic (exact) mass is 599 g/mol. The van der Waals surface area contributed by atoms with Crippen molar-refractivity contribution in [1.29, 1.82) is 0 Å². The highest BCUT2D eigenvalue weighted by molar-refractivity contribution is 6.34. The number of hydrogen-bond donors (Lipinski definition) is 3. The lowest BCUT2D eigenvalue weighted by atomic mass is 10.1. The molecule has 218 valence electrons. The number of halogens is 4. The molecule has 3 fully saturated rings. The van der Waals surface area contributed by atoms with E-state index in [1.807, 2.05) is 10.00 Å². The molecule has 1 saturated carbocycles. The highest BCUT2D eigenvalue weighted by Gasteiger charge is 2.58. The fourth-order valence-corrected chi connectivity index (χ4v) is 6.36. The van der Waals surface area contributed by atoms with E-state index in [0.29, 0.717) is 49.3 Å². The summed E-state index contributed by atoms with van der Waals surface area (Å²) in [5.74, 6) is 1.31. The summed E-state index contributed by atoms with van der Waals surface area (Å²) < 4.78 is 41.8. The fraction of sp³-hybridized carbons (Fsp3) is 0.370. The van der Waals surface area contributed by atoms with E-state index < -0.39 is 11.9 Å². The molecule has 1 aromatic carbocycles. The van der Waals surface area contributed by atoms with E-state index >= 15 is 0 Å². The summed E-state index contributed by atoms with van der Waals surface area (Å²) in [5, 5.41) is 12.2. The first-order valence-corrected chi connectivity index (χ1v) is 13.9. The molecular weight excluding hydrogens is 575 g/mol. The summed E-state index contributed by atoms with van der Waals surface area (Å²) in [6.07, 6.45) is 0.745. The van der Waals surface area contributed by atoms with Gasteiger partial charge < -0.3 is 20.4 Å². The van der Waals surface area contributed by atoms with Crippen LogP contribution in [0.4, 0.5) is 24.7 Å². The van der Waals surface area contributed by atoms with Gasteiger partial charge in [-0.3, -0.25) is 19.1 Å². The molecule has 1 unspecified atom stereocenters. The predicted octanol–water partition coefficient (Wildman–Crippen LogP) is 3.29. The maximum Gasteiger partial charge on any atom is 0.433 e. The van der Waals surface area contributed by atoms with Crippen molar-refractivity contribution in [3.8, 4) is 11.3 Å². The molecule has 4 aromatic rings. The van der Waals surface area contributed by atoms with Crippen molar-refractivity contribution in [2.45, 2.75) is 6.18 Å². The molecular formula is C27H25ClF3N9O2. The fourth-order valence-electron chi connectivity index (χ4n) is 6.10. The second kappa shape index (κ2) is 9.98. The third-order valence-electron chi connectivity index (χ3n) is 8.34. The molecule has 42 heavy (non-hydrogen) atoms. The lowest BCUT2D eigenvalue weighted by Gasteiger charge is -2.35. The van der Waals surface area contributed by atoms with Gasteiger partial charge in [-0.2, -0.15) is 18.3 Å². The third kappa shape index (κ3) is 4.54. The molecule has 5 heterocycles. The number of fused-ring (bicyclic) bond motifs is 2. The number of piperazine rings is 1. The smallest absolute Gasteiger partial charge is 0.339 e. The maximum absolute atomic E-state index is 13.4. The Morgan fingerprint density at radius 3 is 2.48 bits per heavy atom. The van der Waals surface area contributed by atoms with Crippen molar-refractivity contribution in [3.05, 3.63) is 59.3 Å². The van der Waals surface area contributed by atoms with Crippen LogP contribution in [-0.4, -0.2) is 85.4 Å². The topological polar surface area (TPSA) is 124 Å². The van der Waals surface area contributed by atoms with Gasteiger partial charge in [0, 0.05) is 50.2 Å². The average molecular weight is 600 g/mol. The van der Waals surface area contributed by atoms with E-state index in [4.69, 9.17) is 11.6 Å². The molecule has 7 rings (SSSR count). The molecule has 11 nitrogen and oxygen atoms in total. The zero-order valence-corrected chi connectivity index (χ0v) is 22.8. The molecule has 0 radical (unpaired) electrons. The average Bonchev–Trinajstić information content (AvgIpc) is 3.44. The molecule has 3 aliphatic rings. The Bertz CT molecular complexity index is 1690. The molecule has 3 aromatic heterocycles. The van der Waals surface area contributed by atoms with Gasteiger partial charge in [-0.15, -0.1) is 0 Å². The number of aromatic nitrogens is 5. The summed E-state index contributed by atoms with van der Waals surface area (Å²) in [7, 11) is 0. The molecule has 2 aliphatic heterocycles. The Morgan fingerprint density at radius 2 is 1.76 bits per heavy atom. The Labute approximate surface area is 242 Å². The van der Waals surface area contributed by atoms with Crippen molar-refractivity contribution in [2.75, 3.05) is 44.6 Å². The van der Waals surface area contributed by atoms with Gasteiger partial charge >= 0.3 is 6.18 Å². The van der Waals surface area contributed by atoms with Crippen LogP contribution in [-0.2, 0) is 11.0 Å². The number of carbonyl (C=O) groups is 2. The van der Waals surface area contributed by atoms with E-state index in [2.05, 4.69) is 25.7 Å². The van der Waals surface area contributed by atoms with Crippen LogP contribution < -0.4 is 10.6 Å². The molecule has 0 bridgehead atoms. The largest absolute Gasteiger partial charge is 0.433 e. The first-order chi connectivity index (χ1) is 20.2. The Kier molecular flexibility index (Phi) is 6.35. The number of H-pyrrole nitrogens is 1. The number of nitrogens with one attached hydrogen (secondary N) is 3. The molecule has 0 spiro atoms. The first-order valence-electron chi connectivity index (χ1n) is 13.5. The number of imidazole rings is 1. The van der Waals surface area contributed by atoms with E-state index in [9.17, 15) is 22.8 Å². The number of amides is 2. The first kappa shape index (κ1) is 26.7. The van der Waals surface area contributed by atoms with Crippen LogP contribution in [0.5, 0.6) is 0 Å². The van der Waals surface area contributed by atoms with E-state index in [1.165, 1.54) is 23.0 Å². The third-order valence-corrected chi connectivity index (χ3v) is 8.66. The van der Waals surface area contributed by atoms with Crippen LogP contribution in [0.1, 0.15) is 16.1 Å². The number of aromatic amines is 1. The van der Waals surface area contributed by atoms with E-state index in [1.54, 1.807) is 23.1 Å². The highest BCUT2D eigenvalue weighted by Crippen LogP contribution is 2.49. The number of anilines is 2. The number of alkyl halides is 3. The van der Waals surface area contributed by atoms with Crippen LogP contribution >= 0.6 is 11.6 Å². The van der Waals surface area contributed by atoms with Gasteiger partial charge in [-0.1, -0.05) is 11.6 Å². The minimum Gasteiger partial charge on any atom is -0.339 e. The molecule has 1 aliphatic carbocycles. The second-order valence-corrected chi connectivity index (χ2v) is 11.1. The van der Waals surface area contributed by atoms with E-state index in [0.717, 1.165) is 19.3 Å². The number of nitrogens with zero attached hydrogens (tertiary/aromatic N) is 6. The second-order valence-electron chi connectivity index (χ2n) is 10.7. The summed E-state index contributed by atoms with van der Waals surface area (Å²) in [4.78, 5) is 38.3. The van der Waals surface area contributed by atoms with Gasteiger partial charge in [0.2, 0.25) is 5.91 Å². The Morgan fingerprint density at radius 1 is 1.02 bits per heavy atom. The molecule has 2 saturated heterocycles. The van der Waals surface area contributed by atoms with Gasteiger partial charge in [0.25, 0.3) is 5.91 Å². The maximum atomic E-state index is 13.4. The van der Waals surface area contributed by atoms with Crippen LogP contribution in [0.3, 0.4) is 0 Å². The Balaban J connectivity index is 1.04. The minimum absolute atomic E-state index is 0.125. The number of carbonyl (C=O) groups excluding carboxylic acids is 2. The molecule has 3 atom stereocenters. The standard InChI is InChI=1S/C27H25ClF3N9O2/c28-19-9-14(36-23-24-34-13-20(40(24)4-3-33-23)18-12-35-37-22(18)27(29,30)31)1-2-15(19)25(41)38-5-7-39(8-6-38)26(42)21-16-10-32-11-17(16)21/h1-4,9,12-13,16-17,21,32H,5-8,10-11H2,(H,33,36)(H,35,37)/t16-,17+,21?. The van der Waals surface area contributed by atoms with Gasteiger partial charge in [-0.05, 0) is 43.1 Å². The number of hydrogen-bond acceptors (Lipinski definition) is 7. The van der Waals surface area contributed by atoms with Crippen molar-refractivity contribution in [2.24, 2.45) is 17.8 Å². The lowest BCUT2D eigenvalue weighted by molar-refractivity contribution is -0.140. The molecule has 15 heteroatoms. The SMILES string of the molecule is O=C(c1ccc(Nc2nccn3c(-c4cn[nH]c4C(F)(F)F)cnc23)cc1Cl)N1CCN(C(=O)C2[C@H]3CNC[C@@H]23)CC1. The summed E-state index contributed by atoms with van der Waals surface area (Å²) in [6.45, 7) is 3.67. The van der Waals surface area contributed by atoms with Crippen LogP contribution in [0.15, 0.2) is 43.0 Å². The van der Waals surface area contributed by atoms with Crippen LogP contribution in [0.25, 0.3) is 16.9 Å². The summed E-state index contributed by atoms with van der Waals surface area (Å²) in [6, 6.07) is 4.87. The van der Waals surface area contributed by atoms with Crippen molar-refractivity contribution < 1.29 is 22.8 Å². The zero-order valence-electron chi connectivity index (χ0n) is 22.0. The van der Waals surface area contributed by atoms with Crippen molar-refractivity contribution >= 4 is 40.6 Å². The van der Waals surface area contributed by atoms with Gasteiger partial charge in [0.15, 0.2) is 11.5 Å². The number of piperidine rings is 1. The highest BCUT2D eigenvalue weighted by atomic mass is 35.5. The van der Waals surface area contributed by atoms with Crippen molar-refractivity contribution in [3.63, 3.8) is 0 Å². The van der Waals surface area contributed by atoms with Crippen molar-refractivity contribution in [1.82, 2.24) is 39.7 Å². The van der Waals surface area contributed by atoms with Crippen LogP contribution in [0.2, 0.25) is 5.02 Å². The summed E-state index contributed by atoms with van der Waals surface area (Å²) in [5.41, 5.74) is 0.208. The predicted molar refractivity (Wildman–Crippen MR) is 146 cm³/mol. The quantitative estimate of drug-likeness (QED) is 0.322.